The van der Waals surface area contributed by atoms with Crippen molar-refractivity contribution < 1.29 is 14.3 Å². The van der Waals surface area contributed by atoms with Crippen LogP contribution in [0.3, 0.4) is 0 Å². The molecule has 1 amide bonds. The maximum Gasteiger partial charge on any atom is 0.240 e. The fourth-order valence-electron chi connectivity index (χ4n) is 1.91. The van der Waals surface area contributed by atoms with E-state index in [2.05, 4.69) is 5.32 Å². The summed E-state index contributed by atoms with van der Waals surface area (Å²) in [6.07, 6.45) is 3.78. The van der Waals surface area contributed by atoms with E-state index in [0.717, 1.165) is 12.5 Å². The smallest absolute Gasteiger partial charge is 0.240 e. The van der Waals surface area contributed by atoms with Crippen LogP contribution in [0.1, 0.15) is 25.7 Å². The molecule has 3 N–H and O–H groups in total. The highest BCUT2D eigenvalue weighted by Crippen LogP contribution is 2.28. The number of amides is 1. The number of hydrogen-bond donors (Lipinski definition) is 2. The molecule has 1 aliphatic heterocycles. The van der Waals surface area contributed by atoms with Gasteiger partial charge in [0.05, 0.1) is 12.1 Å². The summed E-state index contributed by atoms with van der Waals surface area (Å²) in [6.45, 7) is 3.10. The summed E-state index contributed by atoms with van der Waals surface area (Å²) >= 11 is 0. The van der Waals surface area contributed by atoms with Gasteiger partial charge in [-0.25, -0.2) is 0 Å². The standard InChI is InChI=1S/C12H22N2O3/c13-12(3-6-16-7-4-12)11(15)14-5-8-17-9-10-1-2-10/h10H,1-9,13H2,(H,14,15). The molecule has 2 aliphatic rings. The average molecular weight is 242 g/mol. The van der Waals surface area contributed by atoms with E-state index in [0.29, 0.717) is 39.2 Å². The van der Waals surface area contributed by atoms with Crippen LogP contribution in [-0.4, -0.2) is 44.4 Å². The summed E-state index contributed by atoms with van der Waals surface area (Å²) in [5.74, 6) is 0.692. The maximum atomic E-state index is 11.9. The van der Waals surface area contributed by atoms with Gasteiger partial charge < -0.3 is 20.5 Å². The lowest BCUT2D eigenvalue weighted by Gasteiger charge is -2.31. The van der Waals surface area contributed by atoms with Gasteiger partial charge in [-0.1, -0.05) is 0 Å². The van der Waals surface area contributed by atoms with Gasteiger partial charge in [-0.3, -0.25) is 4.79 Å². The second kappa shape index (κ2) is 5.80. The predicted octanol–water partition coefficient (Wildman–Crippen LogP) is 0.0371. The van der Waals surface area contributed by atoms with E-state index in [1.807, 2.05) is 0 Å². The third-order valence-electron chi connectivity index (χ3n) is 3.42. The topological polar surface area (TPSA) is 73.6 Å². The zero-order valence-corrected chi connectivity index (χ0v) is 10.2. The molecule has 0 atom stereocenters. The van der Waals surface area contributed by atoms with Crippen molar-refractivity contribution in [3.63, 3.8) is 0 Å². The van der Waals surface area contributed by atoms with Crippen molar-refractivity contribution in [1.82, 2.24) is 5.32 Å². The van der Waals surface area contributed by atoms with Crippen molar-refractivity contribution in [3.05, 3.63) is 0 Å². The highest BCUT2D eigenvalue weighted by molar-refractivity contribution is 5.86. The molecular weight excluding hydrogens is 220 g/mol. The van der Waals surface area contributed by atoms with Crippen molar-refractivity contribution in [3.8, 4) is 0 Å². The average Bonchev–Trinajstić information content (AvgIpc) is 3.13. The number of carbonyl (C=O) groups is 1. The van der Waals surface area contributed by atoms with Crippen LogP contribution in [0, 0.1) is 5.92 Å². The lowest BCUT2D eigenvalue weighted by molar-refractivity contribution is -0.130. The molecular formula is C12H22N2O3. The molecule has 2 fully saturated rings. The van der Waals surface area contributed by atoms with Crippen LogP contribution in [0.2, 0.25) is 0 Å². The fourth-order valence-corrected chi connectivity index (χ4v) is 1.91. The van der Waals surface area contributed by atoms with Gasteiger partial charge in [0.1, 0.15) is 0 Å². The number of ether oxygens (including phenoxy) is 2. The van der Waals surface area contributed by atoms with Crippen molar-refractivity contribution in [2.45, 2.75) is 31.2 Å². The third kappa shape index (κ3) is 3.94. The third-order valence-corrected chi connectivity index (χ3v) is 3.42. The van der Waals surface area contributed by atoms with Crippen LogP contribution in [0.5, 0.6) is 0 Å². The summed E-state index contributed by atoms with van der Waals surface area (Å²) in [5, 5.41) is 2.84. The zero-order chi connectivity index (χ0) is 12.1. The first kappa shape index (κ1) is 12.8. The molecule has 2 rings (SSSR count). The summed E-state index contributed by atoms with van der Waals surface area (Å²) in [7, 11) is 0. The quantitative estimate of drug-likeness (QED) is 0.645. The van der Waals surface area contributed by atoms with E-state index >= 15 is 0 Å². The van der Waals surface area contributed by atoms with Gasteiger partial charge >= 0.3 is 0 Å². The summed E-state index contributed by atoms with van der Waals surface area (Å²) in [4.78, 5) is 11.9. The summed E-state index contributed by atoms with van der Waals surface area (Å²) in [5.41, 5.74) is 5.30. The normalized spacial score (nSPS) is 23.4. The molecule has 0 spiro atoms. The van der Waals surface area contributed by atoms with Gasteiger partial charge in [0.25, 0.3) is 0 Å². The van der Waals surface area contributed by atoms with Crippen LogP contribution in [0.4, 0.5) is 0 Å². The largest absolute Gasteiger partial charge is 0.381 e. The van der Waals surface area contributed by atoms with Gasteiger partial charge in [0.15, 0.2) is 0 Å². The first-order chi connectivity index (χ1) is 8.21. The van der Waals surface area contributed by atoms with E-state index < -0.39 is 5.54 Å². The van der Waals surface area contributed by atoms with Crippen molar-refractivity contribution in [2.75, 3.05) is 33.0 Å². The second-order valence-electron chi connectivity index (χ2n) is 5.04. The molecule has 1 heterocycles. The number of hydrogen-bond acceptors (Lipinski definition) is 4. The van der Waals surface area contributed by atoms with Crippen molar-refractivity contribution >= 4 is 5.91 Å². The first-order valence-corrected chi connectivity index (χ1v) is 6.43. The van der Waals surface area contributed by atoms with Gasteiger partial charge in [-0.05, 0) is 31.6 Å². The molecule has 17 heavy (non-hydrogen) atoms. The first-order valence-electron chi connectivity index (χ1n) is 6.43. The predicted molar refractivity (Wildman–Crippen MR) is 63.5 cm³/mol. The van der Waals surface area contributed by atoms with Crippen LogP contribution in [0.15, 0.2) is 0 Å². The summed E-state index contributed by atoms with van der Waals surface area (Å²) in [6, 6.07) is 0. The summed E-state index contributed by atoms with van der Waals surface area (Å²) < 4.78 is 10.7. The number of nitrogens with two attached hydrogens (primary N) is 1. The Balaban J connectivity index is 1.58. The Labute approximate surface area is 102 Å². The Hall–Kier alpha value is -0.650. The highest BCUT2D eigenvalue weighted by Gasteiger charge is 2.35. The van der Waals surface area contributed by atoms with Crippen LogP contribution in [-0.2, 0) is 14.3 Å². The van der Waals surface area contributed by atoms with Crippen molar-refractivity contribution in [1.29, 1.82) is 0 Å². The molecule has 0 bridgehead atoms. The van der Waals surface area contributed by atoms with Gasteiger partial charge in [-0.2, -0.15) is 0 Å². The Kier molecular flexibility index (Phi) is 4.36. The lowest BCUT2D eigenvalue weighted by Crippen LogP contribution is -2.57. The second-order valence-corrected chi connectivity index (χ2v) is 5.04. The monoisotopic (exact) mass is 242 g/mol. The van der Waals surface area contributed by atoms with Gasteiger partial charge in [-0.15, -0.1) is 0 Å². The zero-order valence-electron chi connectivity index (χ0n) is 10.2. The highest BCUT2D eigenvalue weighted by atomic mass is 16.5. The van der Waals surface area contributed by atoms with E-state index in [4.69, 9.17) is 15.2 Å². The van der Waals surface area contributed by atoms with Gasteiger partial charge in [0, 0.05) is 26.4 Å². The molecule has 0 aromatic rings. The lowest BCUT2D eigenvalue weighted by atomic mass is 9.90. The molecule has 0 aromatic carbocycles. The number of rotatable bonds is 6. The number of carbonyl (C=O) groups excluding carboxylic acids is 1. The molecule has 0 radical (unpaired) electrons. The van der Waals surface area contributed by atoms with E-state index in [-0.39, 0.29) is 5.91 Å². The molecule has 0 unspecified atom stereocenters. The Bertz CT molecular complexity index is 260. The molecule has 5 nitrogen and oxygen atoms in total. The van der Waals surface area contributed by atoms with E-state index in [1.54, 1.807) is 0 Å². The van der Waals surface area contributed by atoms with Gasteiger partial charge in [0.2, 0.25) is 5.91 Å². The molecule has 1 saturated carbocycles. The number of nitrogens with one attached hydrogen (secondary N) is 1. The molecule has 1 saturated heterocycles. The molecule has 5 heteroatoms. The Morgan fingerprint density at radius 1 is 1.41 bits per heavy atom. The fraction of sp³-hybridized carbons (Fsp3) is 0.917. The van der Waals surface area contributed by atoms with Crippen LogP contribution in [0.25, 0.3) is 0 Å². The van der Waals surface area contributed by atoms with Crippen molar-refractivity contribution in [2.24, 2.45) is 11.7 Å². The van der Waals surface area contributed by atoms with E-state index in [9.17, 15) is 4.79 Å². The minimum atomic E-state index is -0.741. The molecule has 98 valence electrons. The van der Waals surface area contributed by atoms with Crippen LogP contribution < -0.4 is 11.1 Å². The minimum absolute atomic E-state index is 0.0733. The SMILES string of the molecule is NC1(C(=O)NCCOCC2CC2)CCOCC1. The maximum absolute atomic E-state index is 11.9. The molecule has 1 aliphatic carbocycles. The minimum Gasteiger partial charge on any atom is -0.381 e. The van der Waals surface area contributed by atoms with E-state index in [1.165, 1.54) is 12.8 Å². The Morgan fingerprint density at radius 2 is 2.12 bits per heavy atom. The Morgan fingerprint density at radius 3 is 2.76 bits per heavy atom. The molecule has 0 aromatic heterocycles. The van der Waals surface area contributed by atoms with Crippen LogP contribution >= 0.6 is 0 Å².